The molecular formula is C34H26Cl2N2O4. The summed E-state index contributed by atoms with van der Waals surface area (Å²) < 4.78 is 23.2. The van der Waals surface area contributed by atoms with Crippen LogP contribution in [0.15, 0.2) is 72.8 Å². The largest absolute Gasteiger partial charge is 0.497 e. The smallest absolute Gasteiger partial charge is 0.132 e. The molecule has 2 heterocycles. The molecular weight excluding hydrogens is 571 g/mol. The molecule has 7 rings (SSSR count). The summed E-state index contributed by atoms with van der Waals surface area (Å²) in [5.41, 5.74) is 7.64. The number of aromatic nitrogens is 2. The average Bonchev–Trinajstić information content (AvgIpc) is 3.58. The quantitative estimate of drug-likeness (QED) is 0.200. The second-order valence-corrected chi connectivity index (χ2v) is 10.9. The summed E-state index contributed by atoms with van der Waals surface area (Å²) in [6.07, 6.45) is 0. The van der Waals surface area contributed by atoms with Crippen molar-refractivity contribution in [2.24, 2.45) is 0 Å². The van der Waals surface area contributed by atoms with E-state index in [0.29, 0.717) is 33.0 Å². The standard InChI is InChI=1S/C34H26Cl2N2O4/c1-39-21-13-23-29(25(15-21)41-3)31-27(17-5-9-19(35)10-6-17)34-32(28(33(31)37-23)18-7-11-20(36)12-8-18)30-24(38-34)14-22(40-2)16-26(30)42-4/h5-16,37-38H,1-4H3. The van der Waals surface area contributed by atoms with Crippen LogP contribution >= 0.6 is 23.2 Å². The van der Waals surface area contributed by atoms with Gasteiger partial charge in [-0.2, -0.15) is 0 Å². The Balaban J connectivity index is 1.81. The molecule has 0 atom stereocenters. The summed E-state index contributed by atoms with van der Waals surface area (Å²) in [4.78, 5) is 7.48. The van der Waals surface area contributed by atoms with Gasteiger partial charge in [0.05, 0.1) is 61.3 Å². The SMILES string of the molecule is COc1cc(OC)c2c(c1)[nH]c1c(-c3ccc(Cl)cc3)c3c([nH]c4cc(OC)cc(OC)c43)c(-c3ccc(Cl)cc3)c12. The third-order valence-corrected chi connectivity index (χ3v) is 8.35. The Hall–Kier alpha value is -4.52. The Morgan fingerprint density at radius 1 is 0.476 bits per heavy atom. The van der Waals surface area contributed by atoms with Crippen LogP contribution in [0.4, 0.5) is 0 Å². The number of ether oxygens (including phenoxy) is 4. The van der Waals surface area contributed by atoms with Crippen molar-refractivity contribution in [2.75, 3.05) is 28.4 Å². The number of benzene rings is 5. The van der Waals surface area contributed by atoms with Gasteiger partial charge < -0.3 is 28.9 Å². The van der Waals surface area contributed by atoms with Crippen molar-refractivity contribution in [1.82, 2.24) is 9.97 Å². The molecule has 8 heteroatoms. The number of nitrogens with one attached hydrogen (secondary N) is 2. The van der Waals surface area contributed by atoms with Gasteiger partial charge in [-0.1, -0.05) is 47.5 Å². The molecule has 0 aliphatic carbocycles. The molecule has 0 saturated carbocycles. The van der Waals surface area contributed by atoms with E-state index >= 15 is 0 Å². The van der Waals surface area contributed by atoms with Crippen LogP contribution in [-0.4, -0.2) is 38.4 Å². The van der Waals surface area contributed by atoms with E-state index in [4.69, 9.17) is 42.1 Å². The summed E-state index contributed by atoms with van der Waals surface area (Å²) >= 11 is 12.7. The van der Waals surface area contributed by atoms with Gasteiger partial charge in [0.15, 0.2) is 0 Å². The van der Waals surface area contributed by atoms with E-state index in [-0.39, 0.29) is 0 Å². The van der Waals surface area contributed by atoms with Gasteiger partial charge in [-0.15, -0.1) is 0 Å². The van der Waals surface area contributed by atoms with E-state index in [1.165, 1.54) is 0 Å². The fourth-order valence-electron chi connectivity index (χ4n) is 6.03. The summed E-state index contributed by atoms with van der Waals surface area (Å²) in [6.45, 7) is 0. The van der Waals surface area contributed by atoms with E-state index in [1.807, 2.05) is 72.8 Å². The molecule has 0 radical (unpaired) electrons. The van der Waals surface area contributed by atoms with Crippen molar-refractivity contribution < 1.29 is 18.9 Å². The first-order valence-electron chi connectivity index (χ1n) is 13.3. The van der Waals surface area contributed by atoms with Crippen LogP contribution < -0.4 is 18.9 Å². The van der Waals surface area contributed by atoms with Crippen LogP contribution in [0.25, 0.3) is 65.9 Å². The van der Waals surface area contributed by atoms with Crippen LogP contribution in [0.3, 0.4) is 0 Å². The monoisotopic (exact) mass is 596 g/mol. The van der Waals surface area contributed by atoms with E-state index in [9.17, 15) is 0 Å². The molecule has 6 nitrogen and oxygen atoms in total. The fourth-order valence-corrected chi connectivity index (χ4v) is 6.28. The van der Waals surface area contributed by atoms with Gasteiger partial charge >= 0.3 is 0 Å². The normalized spacial score (nSPS) is 11.6. The summed E-state index contributed by atoms with van der Waals surface area (Å²) in [5.74, 6) is 2.78. The predicted octanol–water partition coefficient (Wildman–Crippen LogP) is 9.63. The summed E-state index contributed by atoms with van der Waals surface area (Å²) in [5, 5.41) is 5.21. The lowest BCUT2D eigenvalue weighted by Gasteiger charge is -2.15. The lowest BCUT2D eigenvalue weighted by Crippen LogP contribution is -1.91. The van der Waals surface area contributed by atoms with E-state index in [1.54, 1.807) is 28.4 Å². The number of aromatic amines is 2. The molecule has 0 amide bonds. The summed E-state index contributed by atoms with van der Waals surface area (Å²) in [7, 11) is 6.65. The molecule has 0 fully saturated rings. The average molecular weight is 597 g/mol. The van der Waals surface area contributed by atoms with Crippen molar-refractivity contribution in [3.8, 4) is 45.3 Å². The molecule has 2 aromatic heterocycles. The van der Waals surface area contributed by atoms with Crippen LogP contribution in [0, 0.1) is 0 Å². The lowest BCUT2D eigenvalue weighted by molar-refractivity contribution is 0.398. The first-order valence-corrected chi connectivity index (χ1v) is 14.0. The third kappa shape index (κ3) is 3.94. The number of halogens is 2. The van der Waals surface area contributed by atoms with Crippen LogP contribution in [0.1, 0.15) is 0 Å². The first kappa shape index (κ1) is 26.4. The molecule has 5 aromatic carbocycles. The number of methoxy groups -OCH3 is 4. The lowest BCUT2D eigenvalue weighted by atomic mass is 9.89. The highest BCUT2D eigenvalue weighted by atomic mass is 35.5. The Morgan fingerprint density at radius 3 is 1.19 bits per heavy atom. The third-order valence-electron chi connectivity index (χ3n) is 7.85. The van der Waals surface area contributed by atoms with E-state index in [0.717, 1.165) is 65.9 Å². The maximum atomic E-state index is 6.36. The van der Waals surface area contributed by atoms with Gasteiger partial charge in [-0.25, -0.2) is 0 Å². The van der Waals surface area contributed by atoms with Crippen molar-refractivity contribution in [1.29, 1.82) is 0 Å². The maximum Gasteiger partial charge on any atom is 0.132 e. The van der Waals surface area contributed by atoms with E-state index in [2.05, 4.69) is 9.97 Å². The van der Waals surface area contributed by atoms with Gasteiger partial charge in [-0.3, -0.25) is 0 Å². The summed E-state index contributed by atoms with van der Waals surface area (Å²) in [6, 6.07) is 23.6. The number of fused-ring (bicyclic) bond motifs is 6. The first-order chi connectivity index (χ1) is 20.4. The minimum atomic E-state index is 0.660. The van der Waals surface area contributed by atoms with Gasteiger partial charge in [0, 0.05) is 56.2 Å². The van der Waals surface area contributed by atoms with Gasteiger partial charge in [0.1, 0.15) is 23.0 Å². The number of H-pyrrole nitrogens is 2. The topological polar surface area (TPSA) is 68.5 Å². The molecule has 0 aliphatic rings. The minimum absolute atomic E-state index is 0.660. The molecule has 7 aromatic rings. The molecule has 0 unspecified atom stereocenters. The minimum Gasteiger partial charge on any atom is -0.497 e. The predicted molar refractivity (Wildman–Crippen MR) is 172 cm³/mol. The van der Waals surface area contributed by atoms with Crippen LogP contribution in [0.5, 0.6) is 23.0 Å². The van der Waals surface area contributed by atoms with Gasteiger partial charge in [0.2, 0.25) is 0 Å². The molecule has 0 saturated heterocycles. The number of hydrogen-bond acceptors (Lipinski definition) is 4. The number of hydrogen-bond donors (Lipinski definition) is 2. The van der Waals surface area contributed by atoms with Crippen molar-refractivity contribution in [3.05, 3.63) is 82.8 Å². The Kier molecular flexibility index (Phi) is 6.34. The highest BCUT2D eigenvalue weighted by molar-refractivity contribution is 6.34. The Bertz CT molecular complexity index is 1990. The fraction of sp³-hybridized carbons (Fsp3) is 0.118. The second-order valence-electron chi connectivity index (χ2n) is 10.0. The second kappa shape index (κ2) is 10.1. The van der Waals surface area contributed by atoms with Crippen LogP contribution in [-0.2, 0) is 0 Å². The molecule has 0 spiro atoms. The Labute approximate surface area is 251 Å². The van der Waals surface area contributed by atoms with Gasteiger partial charge in [-0.05, 0) is 35.4 Å². The zero-order valence-corrected chi connectivity index (χ0v) is 24.8. The maximum absolute atomic E-state index is 6.36. The van der Waals surface area contributed by atoms with Crippen molar-refractivity contribution in [3.63, 3.8) is 0 Å². The zero-order chi connectivity index (χ0) is 29.1. The number of rotatable bonds is 6. The molecule has 2 N–H and O–H groups in total. The highest BCUT2D eigenvalue weighted by Gasteiger charge is 2.27. The van der Waals surface area contributed by atoms with E-state index < -0.39 is 0 Å². The van der Waals surface area contributed by atoms with Gasteiger partial charge in [0.25, 0.3) is 0 Å². The molecule has 0 bridgehead atoms. The van der Waals surface area contributed by atoms with Crippen LogP contribution in [0.2, 0.25) is 10.0 Å². The van der Waals surface area contributed by atoms with Crippen molar-refractivity contribution >= 4 is 66.8 Å². The molecule has 210 valence electrons. The Morgan fingerprint density at radius 2 is 0.857 bits per heavy atom. The highest BCUT2D eigenvalue weighted by Crippen LogP contribution is 2.52. The zero-order valence-electron chi connectivity index (χ0n) is 23.3. The van der Waals surface area contributed by atoms with Crippen molar-refractivity contribution in [2.45, 2.75) is 0 Å². The molecule has 42 heavy (non-hydrogen) atoms. The molecule has 0 aliphatic heterocycles.